The monoisotopic (exact) mass is 446 g/mol. The number of nitrogens with zero attached hydrogens (tertiary/aromatic N) is 2. The lowest BCUT2D eigenvalue weighted by molar-refractivity contribution is 0.0969. The van der Waals surface area contributed by atoms with Crippen LogP contribution in [0.3, 0.4) is 0 Å². The summed E-state index contributed by atoms with van der Waals surface area (Å²) in [5, 5.41) is 0.743. The van der Waals surface area contributed by atoms with Crippen molar-refractivity contribution in [2.24, 2.45) is 0 Å². The molecule has 4 aromatic rings. The van der Waals surface area contributed by atoms with Gasteiger partial charge in [0.15, 0.2) is 16.3 Å². The fraction of sp³-hybridized carbons (Fsp3) is 0.167. The molecule has 1 atom stereocenters. The van der Waals surface area contributed by atoms with Gasteiger partial charge in [-0.3, -0.25) is 19.3 Å². The van der Waals surface area contributed by atoms with E-state index in [-0.39, 0.29) is 22.5 Å². The van der Waals surface area contributed by atoms with Crippen LogP contribution in [-0.4, -0.2) is 23.8 Å². The Labute approximate surface area is 186 Å². The number of carbonyl (C=O) groups excluding carboxylic acids is 2. The zero-order chi connectivity index (χ0) is 22.6. The largest absolute Gasteiger partial charge is 0.497 e. The maximum absolute atomic E-state index is 13.5. The molecule has 0 aliphatic carbocycles. The Bertz CT molecular complexity index is 1450. The van der Waals surface area contributed by atoms with E-state index in [1.807, 2.05) is 0 Å². The molecular weight excluding hydrogens is 428 g/mol. The number of amides is 1. The van der Waals surface area contributed by atoms with Crippen LogP contribution >= 0.6 is 11.3 Å². The molecule has 1 amide bonds. The Morgan fingerprint density at radius 1 is 1.12 bits per heavy atom. The van der Waals surface area contributed by atoms with E-state index in [0.717, 1.165) is 11.3 Å². The Kier molecular flexibility index (Phi) is 4.67. The highest BCUT2D eigenvalue weighted by atomic mass is 32.1. The first-order valence-electron chi connectivity index (χ1n) is 9.92. The van der Waals surface area contributed by atoms with E-state index >= 15 is 0 Å². The van der Waals surface area contributed by atoms with Crippen molar-refractivity contribution in [2.75, 3.05) is 12.0 Å². The van der Waals surface area contributed by atoms with Crippen LogP contribution in [0.1, 0.15) is 50.0 Å². The first-order chi connectivity index (χ1) is 15.4. The Morgan fingerprint density at radius 3 is 2.50 bits per heavy atom. The average molecular weight is 446 g/mol. The number of ether oxygens (including phenoxy) is 1. The molecular formula is C24H18N2O5S. The molecule has 1 aliphatic rings. The quantitative estimate of drug-likeness (QED) is 0.428. The Morgan fingerprint density at radius 2 is 1.84 bits per heavy atom. The average Bonchev–Trinajstić information content (AvgIpc) is 3.32. The predicted octanol–water partition coefficient (Wildman–Crippen LogP) is 4.52. The van der Waals surface area contributed by atoms with Crippen LogP contribution in [0.4, 0.5) is 5.13 Å². The van der Waals surface area contributed by atoms with E-state index in [0.29, 0.717) is 38.0 Å². The highest BCUT2D eigenvalue weighted by Gasteiger charge is 2.45. The Balaban J connectivity index is 1.78. The van der Waals surface area contributed by atoms with Crippen molar-refractivity contribution in [3.63, 3.8) is 0 Å². The molecule has 32 heavy (non-hydrogen) atoms. The van der Waals surface area contributed by atoms with Crippen molar-refractivity contribution in [2.45, 2.75) is 19.9 Å². The van der Waals surface area contributed by atoms with Crippen molar-refractivity contribution >= 4 is 39.1 Å². The summed E-state index contributed by atoms with van der Waals surface area (Å²) < 4.78 is 11.2. The van der Waals surface area contributed by atoms with E-state index in [9.17, 15) is 14.4 Å². The van der Waals surface area contributed by atoms with Crippen LogP contribution in [-0.2, 0) is 0 Å². The number of methoxy groups -OCH3 is 1. The fourth-order valence-corrected chi connectivity index (χ4v) is 5.02. The van der Waals surface area contributed by atoms with Gasteiger partial charge in [-0.15, -0.1) is 0 Å². The van der Waals surface area contributed by atoms with E-state index in [1.165, 1.54) is 11.8 Å². The maximum atomic E-state index is 13.5. The van der Waals surface area contributed by atoms with E-state index in [1.54, 1.807) is 62.6 Å². The van der Waals surface area contributed by atoms with Crippen LogP contribution in [0.2, 0.25) is 0 Å². The number of hydrogen-bond acceptors (Lipinski definition) is 7. The smallest absolute Gasteiger partial charge is 0.297 e. The lowest BCUT2D eigenvalue weighted by Crippen LogP contribution is -2.29. The number of fused-ring (bicyclic) bond motifs is 2. The van der Waals surface area contributed by atoms with Crippen LogP contribution in [0.5, 0.6) is 5.75 Å². The van der Waals surface area contributed by atoms with Crippen molar-refractivity contribution in [1.29, 1.82) is 0 Å². The Hall–Kier alpha value is -3.78. The lowest BCUT2D eigenvalue weighted by atomic mass is 9.98. The van der Waals surface area contributed by atoms with Gasteiger partial charge in [0.25, 0.3) is 5.91 Å². The number of ketones is 1. The lowest BCUT2D eigenvalue weighted by Gasteiger charge is -2.22. The summed E-state index contributed by atoms with van der Waals surface area (Å²) in [5.41, 5.74) is 1.59. The number of rotatable bonds is 4. The number of anilines is 1. The number of carbonyl (C=O) groups is 2. The van der Waals surface area contributed by atoms with Crippen LogP contribution < -0.4 is 15.1 Å². The van der Waals surface area contributed by atoms with E-state index < -0.39 is 11.9 Å². The summed E-state index contributed by atoms with van der Waals surface area (Å²) >= 11 is 1.13. The van der Waals surface area contributed by atoms with Gasteiger partial charge in [-0.2, -0.15) is 0 Å². The zero-order valence-electron chi connectivity index (χ0n) is 17.5. The van der Waals surface area contributed by atoms with Gasteiger partial charge in [-0.25, -0.2) is 4.98 Å². The minimum atomic E-state index is -0.741. The minimum Gasteiger partial charge on any atom is -0.497 e. The molecule has 0 spiro atoms. The van der Waals surface area contributed by atoms with Crippen molar-refractivity contribution in [1.82, 2.24) is 4.98 Å². The molecule has 0 bridgehead atoms. The fourth-order valence-electron chi connectivity index (χ4n) is 4.03. The summed E-state index contributed by atoms with van der Waals surface area (Å²) in [5.74, 6) is 0.0509. The van der Waals surface area contributed by atoms with Gasteiger partial charge < -0.3 is 9.15 Å². The summed E-state index contributed by atoms with van der Waals surface area (Å²) in [6, 6.07) is 13.3. The van der Waals surface area contributed by atoms with Gasteiger partial charge in [0, 0.05) is 6.92 Å². The standard InChI is InChI=1S/C24H18N2O5S/c1-12-22(13(2)27)32-24(25-12)26-19(14-8-10-15(30-3)11-9-14)18-20(28)16-6-4-5-7-17(16)31-21(18)23(26)29/h4-11,19H,1-3H3. The summed E-state index contributed by atoms with van der Waals surface area (Å²) in [4.78, 5) is 45.5. The predicted molar refractivity (Wildman–Crippen MR) is 121 cm³/mol. The SMILES string of the molecule is COc1ccc(C2c3c(oc4ccccc4c3=O)C(=O)N2c2nc(C)c(C(C)=O)s2)cc1. The number of benzene rings is 2. The molecule has 5 rings (SSSR count). The molecule has 0 radical (unpaired) electrons. The summed E-state index contributed by atoms with van der Waals surface area (Å²) in [6.45, 7) is 3.19. The normalized spacial score (nSPS) is 15.3. The van der Waals surface area contributed by atoms with E-state index in [4.69, 9.17) is 9.15 Å². The van der Waals surface area contributed by atoms with E-state index in [2.05, 4.69) is 4.98 Å². The molecule has 3 heterocycles. The van der Waals surface area contributed by atoms with Crippen molar-refractivity contribution in [3.8, 4) is 5.75 Å². The molecule has 160 valence electrons. The molecule has 0 saturated heterocycles. The number of thiazole rings is 1. The highest BCUT2D eigenvalue weighted by Crippen LogP contribution is 2.43. The molecule has 1 aliphatic heterocycles. The first kappa shape index (κ1) is 20.1. The van der Waals surface area contributed by atoms with Gasteiger partial charge in [-0.05, 0) is 36.8 Å². The maximum Gasteiger partial charge on any atom is 0.297 e. The molecule has 0 saturated carbocycles. The molecule has 1 unspecified atom stereocenters. The van der Waals surface area contributed by atoms with Crippen LogP contribution in [0, 0.1) is 6.92 Å². The molecule has 2 aromatic carbocycles. The molecule has 0 fully saturated rings. The van der Waals surface area contributed by atoms with Gasteiger partial charge in [-0.1, -0.05) is 35.6 Å². The van der Waals surface area contributed by atoms with Crippen molar-refractivity contribution in [3.05, 3.63) is 86.2 Å². The molecule has 8 heteroatoms. The summed E-state index contributed by atoms with van der Waals surface area (Å²) in [7, 11) is 1.57. The third-order valence-corrected chi connectivity index (χ3v) is 6.78. The molecule has 7 nitrogen and oxygen atoms in total. The number of hydrogen-bond donors (Lipinski definition) is 0. The molecule has 0 N–H and O–H groups in total. The molecule has 2 aromatic heterocycles. The third-order valence-electron chi connectivity index (χ3n) is 5.52. The van der Waals surface area contributed by atoms with Crippen LogP contribution in [0.25, 0.3) is 11.0 Å². The van der Waals surface area contributed by atoms with Gasteiger partial charge >= 0.3 is 0 Å². The van der Waals surface area contributed by atoms with Crippen LogP contribution in [0.15, 0.2) is 57.7 Å². The van der Waals surface area contributed by atoms with Crippen molar-refractivity contribution < 1.29 is 18.7 Å². The first-order valence-corrected chi connectivity index (χ1v) is 10.7. The second kappa shape index (κ2) is 7.42. The summed E-state index contributed by atoms with van der Waals surface area (Å²) in [6.07, 6.45) is 0. The highest BCUT2D eigenvalue weighted by molar-refractivity contribution is 7.17. The second-order valence-corrected chi connectivity index (χ2v) is 8.47. The number of aromatic nitrogens is 1. The third kappa shape index (κ3) is 2.95. The van der Waals surface area contributed by atoms with Gasteiger partial charge in [0.1, 0.15) is 11.3 Å². The minimum absolute atomic E-state index is 0.00764. The van der Waals surface area contributed by atoms with Gasteiger partial charge in [0.05, 0.1) is 34.7 Å². The number of aryl methyl sites for hydroxylation is 1. The van der Waals surface area contributed by atoms with Gasteiger partial charge in [0.2, 0.25) is 5.76 Å². The number of para-hydroxylation sites is 1. The number of Topliss-reactive ketones (excluding diaryl/α,β-unsaturated/α-hetero) is 1. The topological polar surface area (TPSA) is 89.7 Å². The zero-order valence-corrected chi connectivity index (χ0v) is 18.4. The second-order valence-electron chi connectivity index (χ2n) is 7.49.